The van der Waals surface area contributed by atoms with Gasteiger partial charge in [0, 0.05) is 16.5 Å². The fraction of sp³-hybridized carbons (Fsp3) is 0.194. The predicted octanol–water partition coefficient (Wildman–Crippen LogP) is 9.12. The smallest absolute Gasteiger partial charge is 0.418 e. The average Bonchev–Trinajstić information content (AvgIpc) is 3.26. The molecule has 0 N–H and O–H groups in total. The molecule has 0 unspecified atom stereocenters. The maximum absolute atomic E-state index is 13.9. The fourth-order valence-electron chi connectivity index (χ4n) is 4.84. The van der Waals surface area contributed by atoms with Crippen molar-refractivity contribution >= 4 is 10.9 Å². The SMILES string of the molecule is Cc1ccc(Cn2nc3c(C(F)(F)F)cccc3c2-c2cccc(OCc3cc(F)ccc3C(F)(F)F)c2)c(C)c1. The number of ether oxygens (including phenoxy) is 1. The summed E-state index contributed by atoms with van der Waals surface area (Å²) in [6, 6.07) is 18.0. The Morgan fingerprint density at radius 3 is 2.20 bits per heavy atom. The van der Waals surface area contributed by atoms with E-state index in [1.165, 1.54) is 22.9 Å². The number of fused-ring (bicyclic) bond motifs is 1. The molecule has 0 bridgehead atoms. The predicted molar refractivity (Wildman–Crippen MR) is 141 cm³/mol. The monoisotopic (exact) mass is 572 g/mol. The van der Waals surface area contributed by atoms with Crippen molar-refractivity contribution in [2.24, 2.45) is 0 Å². The van der Waals surface area contributed by atoms with Crippen LogP contribution in [0.15, 0.2) is 78.9 Å². The molecule has 212 valence electrons. The van der Waals surface area contributed by atoms with Crippen molar-refractivity contribution in [1.82, 2.24) is 9.78 Å². The quantitative estimate of drug-likeness (QED) is 0.190. The molecule has 1 aromatic heterocycles. The molecule has 0 fully saturated rings. The molecule has 3 nitrogen and oxygen atoms in total. The Morgan fingerprint density at radius 2 is 1.49 bits per heavy atom. The second kappa shape index (κ2) is 10.6. The highest BCUT2D eigenvalue weighted by molar-refractivity contribution is 5.95. The Labute approximate surface area is 230 Å². The van der Waals surface area contributed by atoms with E-state index in [2.05, 4.69) is 5.10 Å². The minimum absolute atomic E-state index is 0.152. The van der Waals surface area contributed by atoms with E-state index in [1.54, 1.807) is 18.2 Å². The highest BCUT2D eigenvalue weighted by atomic mass is 19.4. The first-order valence-corrected chi connectivity index (χ1v) is 12.5. The van der Waals surface area contributed by atoms with Crippen LogP contribution in [0.3, 0.4) is 0 Å². The number of hydrogen-bond acceptors (Lipinski definition) is 2. The van der Waals surface area contributed by atoms with Gasteiger partial charge in [-0.25, -0.2) is 4.39 Å². The standard InChI is InChI=1S/C31H23F7N2O/c1-18-9-10-21(19(2)13-18)16-40-29(25-7-4-8-27(28(25)39-40)31(36,37)38)20-5-3-6-24(15-20)41-17-22-14-23(32)11-12-26(22)30(33,34)35/h3-15H,16-17H2,1-2H3. The maximum Gasteiger partial charge on any atom is 0.418 e. The number of aryl methyl sites for hydroxylation is 2. The van der Waals surface area contributed by atoms with Crippen molar-refractivity contribution in [3.63, 3.8) is 0 Å². The summed E-state index contributed by atoms with van der Waals surface area (Å²) in [7, 11) is 0. The maximum atomic E-state index is 13.9. The molecule has 0 aliphatic rings. The van der Waals surface area contributed by atoms with Crippen LogP contribution in [0.2, 0.25) is 0 Å². The first-order chi connectivity index (χ1) is 19.3. The van der Waals surface area contributed by atoms with Crippen molar-refractivity contribution in [3.05, 3.63) is 118 Å². The van der Waals surface area contributed by atoms with E-state index in [0.717, 1.165) is 34.9 Å². The first kappa shape index (κ1) is 28.2. The number of alkyl halides is 6. The minimum atomic E-state index is -4.70. The number of hydrogen-bond donors (Lipinski definition) is 0. The van der Waals surface area contributed by atoms with Crippen LogP contribution >= 0.6 is 0 Å². The van der Waals surface area contributed by atoms with Crippen LogP contribution in [0, 0.1) is 19.7 Å². The van der Waals surface area contributed by atoms with Crippen molar-refractivity contribution in [3.8, 4) is 17.0 Å². The average molecular weight is 573 g/mol. The van der Waals surface area contributed by atoms with E-state index in [1.807, 2.05) is 32.0 Å². The van der Waals surface area contributed by atoms with E-state index >= 15 is 0 Å². The van der Waals surface area contributed by atoms with Crippen LogP contribution < -0.4 is 4.74 Å². The highest BCUT2D eigenvalue weighted by Crippen LogP contribution is 2.39. The first-order valence-electron chi connectivity index (χ1n) is 12.5. The van der Waals surface area contributed by atoms with Crippen LogP contribution in [-0.2, 0) is 25.5 Å². The van der Waals surface area contributed by atoms with E-state index in [4.69, 9.17) is 4.74 Å². The van der Waals surface area contributed by atoms with Gasteiger partial charge < -0.3 is 4.74 Å². The van der Waals surface area contributed by atoms with Gasteiger partial charge in [-0.05, 0) is 61.4 Å². The number of halogens is 7. The molecule has 0 aliphatic heterocycles. The summed E-state index contributed by atoms with van der Waals surface area (Å²) in [5, 5.41) is 4.63. The number of nitrogens with zero attached hydrogens (tertiary/aromatic N) is 2. The molecule has 0 saturated carbocycles. The van der Waals surface area contributed by atoms with Gasteiger partial charge in [-0.1, -0.05) is 48.0 Å². The third kappa shape index (κ3) is 5.91. The molecule has 0 radical (unpaired) electrons. The molecule has 0 aliphatic carbocycles. The Morgan fingerprint density at radius 1 is 0.756 bits per heavy atom. The van der Waals surface area contributed by atoms with E-state index in [9.17, 15) is 30.7 Å². The lowest BCUT2D eigenvalue weighted by Gasteiger charge is -2.15. The van der Waals surface area contributed by atoms with Crippen LogP contribution in [0.4, 0.5) is 30.7 Å². The second-order valence-electron chi connectivity index (χ2n) is 9.75. The lowest BCUT2D eigenvalue weighted by molar-refractivity contribution is -0.138. The summed E-state index contributed by atoms with van der Waals surface area (Å²) in [6.07, 6.45) is -9.34. The summed E-state index contributed by atoms with van der Waals surface area (Å²) < 4.78 is 103. The van der Waals surface area contributed by atoms with Gasteiger partial charge in [-0.15, -0.1) is 0 Å². The van der Waals surface area contributed by atoms with Crippen molar-refractivity contribution in [2.45, 2.75) is 39.4 Å². The molecule has 5 aromatic rings. The molecule has 0 spiro atoms. The lowest BCUT2D eigenvalue weighted by Crippen LogP contribution is -2.11. The van der Waals surface area contributed by atoms with Crippen LogP contribution in [0.1, 0.15) is 33.4 Å². The number of aromatic nitrogens is 2. The zero-order chi connectivity index (χ0) is 29.5. The van der Waals surface area contributed by atoms with Crippen molar-refractivity contribution in [1.29, 1.82) is 0 Å². The number of rotatable bonds is 6. The Hall–Kier alpha value is -4.34. The van der Waals surface area contributed by atoms with Gasteiger partial charge in [0.2, 0.25) is 0 Å². The third-order valence-corrected chi connectivity index (χ3v) is 6.77. The van der Waals surface area contributed by atoms with Gasteiger partial charge in [-0.3, -0.25) is 4.68 Å². The summed E-state index contributed by atoms with van der Waals surface area (Å²) >= 11 is 0. The van der Waals surface area contributed by atoms with Gasteiger partial charge in [0.1, 0.15) is 23.7 Å². The van der Waals surface area contributed by atoms with Crippen molar-refractivity contribution < 1.29 is 35.5 Å². The largest absolute Gasteiger partial charge is 0.489 e. The van der Waals surface area contributed by atoms with Crippen LogP contribution in [0.25, 0.3) is 22.2 Å². The van der Waals surface area contributed by atoms with Crippen LogP contribution in [0.5, 0.6) is 5.75 Å². The van der Waals surface area contributed by atoms with Gasteiger partial charge in [0.15, 0.2) is 0 Å². The van der Waals surface area contributed by atoms with Crippen molar-refractivity contribution in [2.75, 3.05) is 0 Å². The molecule has 0 amide bonds. The Balaban J connectivity index is 1.58. The number of benzene rings is 4. The van der Waals surface area contributed by atoms with Gasteiger partial charge in [-0.2, -0.15) is 31.4 Å². The normalized spacial score (nSPS) is 12.2. The fourth-order valence-corrected chi connectivity index (χ4v) is 4.84. The van der Waals surface area contributed by atoms with E-state index in [0.29, 0.717) is 17.3 Å². The van der Waals surface area contributed by atoms with Gasteiger partial charge >= 0.3 is 12.4 Å². The van der Waals surface area contributed by atoms with E-state index < -0.39 is 35.9 Å². The molecule has 0 atom stereocenters. The molecule has 5 rings (SSSR count). The summed E-state index contributed by atoms with van der Waals surface area (Å²) in [5.74, 6) is -0.688. The highest BCUT2D eigenvalue weighted by Gasteiger charge is 2.35. The van der Waals surface area contributed by atoms with Gasteiger partial charge in [0.25, 0.3) is 0 Å². The third-order valence-electron chi connectivity index (χ3n) is 6.77. The Kier molecular flexibility index (Phi) is 7.27. The molecule has 0 saturated heterocycles. The zero-order valence-corrected chi connectivity index (χ0v) is 21.9. The zero-order valence-electron chi connectivity index (χ0n) is 21.9. The lowest BCUT2D eigenvalue weighted by atomic mass is 10.0. The molecule has 1 heterocycles. The molecule has 4 aromatic carbocycles. The summed E-state index contributed by atoms with van der Waals surface area (Å²) in [5.41, 5.74) is 1.16. The Bertz CT molecular complexity index is 1740. The van der Waals surface area contributed by atoms with Gasteiger partial charge in [0.05, 0.1) is 23.4 Å². The molecular formula is C31H23F7N2O. The molecule has 41 heavy (non-hydrogen) atoms. The summed E-state index contributed by atoms with van der Waals surface area (Å²) in [6.45, 7) is 3.45. The second-order valence-corrected chi connectivity index (χ2v) is 9.75. The molecule has 10 heteroatoms. The minimum Gasteiger partial charge on any atom is -0.489 e. The molecular weight excluding hydrogens is 549 g/mol. The van der Waals surface area contributed by atoms with E-state index in [-0.39, 0.29) is 28.8 Å². The topological polar surface area (TPSA) is 27.1 Å². The summed E-state index contributed by atoms with van der Waals surface area (Å²) in [4.78, 5) is 0. The van der Waals surface area contributed by atoms with Crippen LogP contribution in [-0.4, -0.2) is 9.78 Å².